The topological polar surface area (TPSA) is 58.6 Å². The van der Waals surface area contributed by atoms with Gasteiger partial charge in [-0.25, -0.2) is 0 Å². The van der Waals surface area contributed by atoms with Gasteiger partial charge in [-0.05, 0) is 31.0 Å². The lowest BCUT2D eigenvalue weighted by atomic mass is 10.1. The quantitative estimate of drug-likeness (QED) is 0.757. The lowest BCUT2D eigenvalue weighted by molar-refractivity contribution is -0.136. The van der Waals surface area contributed by atoms with Crippen LogP contribution in [0.4, 0.5) is 0 Å². The van der Waals surface area contributed by atoms with Crippen LogP contribution in [0.2, 0.25) is 0 Å². The number of carboxylic acid groups (broad SMARTS) is 1. The summed E-state index contributed by atoms with van der Waals surface area (Å²) in [4.78, 5) is 10.4. The lowest BCUT2D eigenvalue weighted by Gasteiger charge is -2.13. The molecule has 0 aliphatic carbocycles. The van der Waals surface area contributed by atoms with Gasteiger partial charge in [-0.15, -0.1) is 0 Å². The van der Waals surface area contributed by atoms with Gasteiger partial charge < -0.3 is 15.2 Å². The summed E-state index contributed by atoms with van der Waals surface area (Å²) in [6, 6.07) is 8.17. The van der Waals surface area contributed by atoms with E-state index in [-0.39, 0.29) is 12.5 Å². The van der Waals surface area contributed by atoms with Gasteiger partial charge in [-0.3, -0.25) is 4.79 Å². The van der Waals surface area contributed by atoms with Crippen molar-refractivity contribution in [2.75, 3.05) is 13.7 Å². The summed E-state index contributed by atoms with van der Waals surface area (Å²) in [5.41, 5.74) is 1.21. The van der Waals surface area contributed by atoms with Crippen LogP contribution in [-0.4, -0.2) is 30.8 Å². The normalized spacial score (nSPS) is 12.1. The van der Waals surface area contributed by atoms with Gasteiger partial charge in [0.25, 0.3) is 0 Å². The molecule has 0 bridgehead atoms. The first-order valence-electron chi connectivity index (χ1n) is 5.70. The third-order valence-electron chi connectivity index (χ3n) is 2.53. The predicted octanol–water partition coefficient (Wildman–Crippen LogP) is 1.69. The van der Waals surface area contributed by atoms with Gasteiger partial charge in [0.2, 0.25) is 0 Å². The van der Waals surface area contributed by atoms with Crippen molar-refractivity contribution in [1.82, 2.24) is 5.32 Å². The number of hydrogen-bond donors (Lipinski definition) is 2. The predicted molar refractivity (Wildman–Crippen MR) is 66.4 cm³/mol. The highest BCUT2D eigenvalue weighted by Gasteiger charge is 2.04. The van der Waals surface area contributed by atoms with Crippen molar-refractivity contribution in [1.29, 1.82) is 0 Å². The van der Waals surface area contributed by atoms with Crippen LogP contribution in [0, 0.1) is 0 Å². The standard InChI is InChI=1S/C13H19NO3/c1-10(14-8-7-13(15)16)9-11-3-5-12(17-2)6-4-11/h3-6,10,14H,7-9H2,1-2H3,(H,15,16). The summed E-state index contributed by atoms with van der Waals surface area (Å²) in [6.07, 6.45) is 1.04. The highest BCUT2D eigenvalue weighted by Crippen LogP contribution is 2.12. The first-order valence-corrected chi connectivity index (χ1v) is 5.70. The zero-order chi connectivity index (χ0) is 12.7. The summed E-state index contributed by atoms with van der Waals surface area (Å²) in [6.45, 7) is 2.55. The molecule has 4 nitrogen and oxygen atoms in total. The number of hydrogen-bond acceptors (Lipinski definition) is 3. The number of benzene rings is 1. The largest absolute Gasteiger partial charge is 0.497 e. The van der Waals surface area contributed by atoms with Crippen molar-refractivity contribution in [2.45, 2.75) is 25.8 Å². The van der Waals surface area contributed by atoms with Crippen LogP contribution in [0.5, 0.6) is 5.75 Å². The number of carboxylic acids is 1. The zero-order valence-electron chi connectivity index (χ0n) is 10.3. The lowest BCUT2D eigenvalue weighted by Crippen LogP contribution is -2.30. The molecule has 0 aromatic heterocycles. The van der Waals surface area contributed by atoms with Crippen LogP contribution < -0.4 is 10.1 Å². The fraction of sp³-hybridized carbons (Fsp3) is 0.462. The molecule has 2 N–H and O–H groups in total. The molecule has 4 heteroatoms. The second-order valence-electron chi connectivity index (χ2n) is 4.05. The third kappa shape index (κ3) is 5.36. The highest BCUT2D eigenvalue weighted by molar-refractivity contribution is 5.66. The minimum absolute atomic E-state index is 0.160. The molecule has 0 aliphatic heterocycles. The molecule has 1 aromatic carbocycles. The van der Waals surface area contributed by atoms with Crippen molar-refractivity contribution in [3.63, 3.8) is 0 Å². The van der Waals surface area contributed by atoms with Crippen molar-refractivity contribution < 1.29 is 14.6 Å². The number of carbonyl (C=O) groups is 1. The van der Waals surface area contributed by atoms with E-state index in [2.05, 4.69) is 5.32 Å². The molecule has 0 saturated carbocycles. The number of methoxy groups -OCH3 is 1. The first-order chi connectivity index (χ1) is 8.11. The van der Waals surface area contributed by atoms with Gasteiger partial charge in [-0.1, -0.05) is 12.1 Å². The number of ether oxygens (including phenoxy) is 1. The molecule has 0 radical (unpaired) electrons. The van der Waals surface area contributed by atoms with E-state index >= 15 is 0 Å². The zero-order valence-corrected chi connectivity index (χ0v) is 10.3. The van der Waals surface area contributed by atoms with Crippen LogP contribution in [0.25, 0.3) is 0 Å². The number of nitrogens with one attached hydrogen (secondary N) is 1. The Hall–Kier alpha value is -1.55. The molecule has 0 amide bonds. The Morgan fingerprint density at radius 2 is 2.06 bits per heavy atom. The monoisotopic (exact) mass is 237 g/mol. The number of rotatable bonds is 7. The van der Waals surface area contributed by atoms with E-state index in [0.717, 1.165) is 12.2 Å². The third-order valence-corrected chi connectivity index (χ3v) is 2.53. The molecule has 0 saturated heterocycles. The SMILES string of the molecule is COc1ccc(CC(C)NCCC(=O)O)cc1. The van der Waals surface area contributed by atoms with Gasteiger partial charge >= 0.3 is 5.97 Å². The van der Waals surface area contributed by atoms with Gasteiger partial charge in [-0.2, -0.15) is 0 Å². The van der Waals surface area contributed by atoms with Crippen LogP contribution in [0.3, 0.4) is 0 Å². The van der Waals surface area contributed by atoms with Gasteiger partial charge in [0.1, 0.15) is 5.75 Å². The van der Waals surface area contributed by atoms with E-state index in [1.54, 1.807) is 7.11 Å². The molecule has 1 aromatic rings. The van der Waals surface area contributed by atoms with Gasteiger partial charge in [0.15, 0.2) is 0 Å². The molecule has 0 aliphatic rings. The maximum atomic E-state index is 10.4. The van der Waals surface area contributed by atoms with E-state index < -0.39 is 5.97 Å². The second kappa shape index (κ2) is 6.91. The molecule has 0 fully saturated rings. The van der Waals surface area contributed by atoms with Crippen LogP contribution in [-0.2, 0) is 11.2 Å². The minimum atomic E-state index is -0.769. The Bertz CT molecular complexity index is 348. The molecule has 94 valence electrons. The maximum Gasteiger partial charge on any atom is 0.304 e. The molecule has 1 atom stereocenters. The van der Waals surface area contributed by atoms with E-state index in [1.807, 2.05) is 31.2 Å². The molecule has 1 unspecified atom stereocenters. The fourth-order valence-electron chi connectivity index (χ4n) is 1.61. The second-order valence-corrected chi connectivity index (χ2v) is 4.05. The molecular formula is C13H19NO3. The van der Waals surface area contributed by atoms with Crippen LogP contribution in [0.1, 0.15) is 18.9 Å². The average Bonchev–Trinajstić information content (AvgIpc) is 2.29. The van der Waals surface area contributed by atoms with E-state index in [1.165, 1.54) is 5.56 Å². The molecule has 0 spiro atoms. The molecule has 0 heterocycles. The summed E-state index contributed by atoms with van der Waals surface area (Å²) in [5.74, 6) is 0.0781. The molecule has 17 heavy (non-hydrogen) atoms. The van der Waals surface area contributed by atoms with E-state index in [9.17, 15) is 4.79 Å². The van der Waals surface area contributed by atoms with E-state index in [4.69, 9.17) is 9.84 Å². The van der Waals surface area contributed by atoms with Crippen molar-refractivity contribution in [2.24, 2.45) is 0 Å². The fourth-order valence-corrected chi connectivity index (χ4v) is 1.61. The van der Waals surface area contributed by atoms with Crippen LogP contribution in [0.15, 0.2) is 24.3 Å². The molecule has 1 rings (SSSR count). The summed E-state index contributed by atoms with van der Waals surface area (Å²) >= 11 is 0. The highest BCUT2D eigenvalue weighted by atomic mass is 16.5. The Morgan fingerprint density at radius 1 is 1.41 bits per heavy atom. The minimum Gasteiger partial charge on any atom is -0.497 e. The van der Waals surface area contributed by atoms with Crippen molar-refractivity contribution in [3.05, 3.63) is 29.8 Å². The Morgan fingerprint density at radius 3 is 2.59 bits per heavy atom. The smallest absolute Gasteiger partial charge is 0.304 e. The maximum absolute atomic E-state index is 10.4. The van der Waals surface area contributed by atoms with Gasteiger partial charge in [0, 0.05) is 12.6 Å². The average molecular weight is 237 g/mol. The summed E-state index contributed by atoms with van der Waals surface area (Å²) in [5, 5.41) is 11.7. The van der Waals surface area contributed by atoms with Crippen LogP contribution >= 0.6 is 0 Å². The molecular weight excluding hydrogens is 218 g/mol. The Labute approximate surface area is 102 Å². The summed E-state index contributed by atoms with van der Waals surface area (Å²) < 4.78 is 5.08. The first kappa shape index (κ1) is 13.5. The number of aliphatic carboxylic acids is 1. The Kier molecular flexibility index (Phi) is 5.49. The van der Waals surface area contributed by atoms with Crippen molar-refractivity contribution in [3.8, 4) is 5.75 Å². The van der Waals surface area contributed by atoms with Gasteiger partial charge in [0.05, 0.1) is 13.5 Å². The van der Waals surface area contributed by atoms with Crippen molar-refractivity contribution >= 4 is 5.97 Å². The Balaban J connectivity index is 2.34. The summed E-state index contributed by atoms with van der Waals surface area (Å²) in [7, 11) is 1.64. The van der Waals surface area contributed by atoms with E-state index in [0.29, 0.717) is 6.54 Å².